The quantitative estimate of drug-likeness (QED) is 0.820. The summed E-state index contributed by atoms with van der Waals surface area (Å²) in [6.45, 7) is 2.05. The predicted molar refractivity (Wildman–Crippen MR) is 68.7 cm³/mol. The Hall–Kier alpha value is -2.70. The van der Waals surface area contributed by atoms with E-state index in [0.29, 0.717) is 23.6 Å². The van der Waals surface area contributed by atoms with E-state index in [0.717, 1.165) is 0 Å². The number of carboxylic acid groups (broad SMARTS) is 1. The second kappa shape index (κ2) is 5.96. The van der Waals surface area contributed by atoms with Crippen molar-refractivity contribution in [1.82, 2.24) is 15.0 Å². The Bertz CT molecular complexity index is 619. The third-order valence-corrected chi connectivity index (χ3v) is 2.58. The highest BCUT2D eigenvalue weighted by molar-refractivity contribution is 5.89. The van der Waals surface area contributed by atoms with Crippen molar-refractivity contribution >= 4 is 11.9 Å². The van der Waals surface area contributed by atoms with Gasteiger partial charge in [0.2, 0.25) is 0 Å². The first-order valence-electron chi connectivity index (χ1n) is 6.00. The lowest BCUT2D eigenvalue weighted by Gasteiger charge is -2.06. The van der Waals surface area contributed by atoms with E-state index in [1.807, 2.05) is 0 Å². The molecule has 0 fully saturated rings. The summed E-state index contributed by atoms with van der Waals surface area (Å²) in [5, 5.41) is 16.3. The summed E-state index contributed by atoms with van der Waals surface area (Å²) in [6, 6.07) is 6.51. The lowest BCUT2D eigenvalue weighted by atomic mass is 10.2. The van der Waals surface area contributed by atoms with Gasteiger partial charge in [-0.2, -0.15) is 0 Å². The molecule has 2 aromatic rings. The molecule has 7 heteroatoms. The summed E-state index contributed by atoms with van der Waals surface area (Å²) in [7, 11) is 0. The smallest absolute Gasteiger partial charge is 0.338 e. The molecule has 0 unspecified atom stereocenters. The molecule has 0 saturated carbocycles. The first-order valence-corrected chi connectivity index (χ1v) is 6.00. The minimum absolute atomic E-state index is 0.174. The van der Waals surface area contributed by atoms with Gasteiger partial charge in [0.05, 0.1) is 36.2 Å². The molecule has 7 nitrogen and oxygen atoms in total. The summed E-state index contributed by atoms with van der Waals surface area (Å²) < 4.78 is 6.30. The van der Waals surface area contributed by atoms with Crippen LogP contribution in [-0.4, -0.2) is 38.6 Å². The summed E-state index contributed by atoms with van der Waals surface area (Å²) in [4.78, 5) is 22.3. The monoisotopic (exact) mass is 275 g/mol. The van der Waals surface area contributed by atoms with Gasteiger partial charge in [-0.25, -0.2) is 9.48 Å². The van der Waals surface area contributed by atoms with E-state index in [4.69, 9.17) is 9.84 Å². The number of aliphatic carboxylic acids is 1. The highest BCUT2D eigenvalue weighted by Crippen LogP contribution is 2.12. The molecule has 1 heterocycles. The average molecular weight is 275 g/mol. The summed E-state index contributed by atoms with van der Waals surface area (Å²) >= 11 is 0. The minimum atomic E-state index is -0.961. The van der Waals surface area contributed by atoms with E-state index < -0.39 is 11.9 Å². The summed E-state index contributed by atoms with van der Waals surface area (Å²) in [5.74, 6) is -1.36. The van der Waals surface area contributed by atoms with Crippen LogP contribution in [0.3, 0.4) is 0 Å². The normalized spacial score (nSPS) is 10.2. The number of carbonyl (C=O) groups is 2. The number of rotatable bonds is 5. The molecule has 20 heavy (non-hydrogen) atoms. The molecule has 1 aromatic heterocycles. The minimum Gasteiger partial charge on any atom is -0.481 e. The molecular formula is C13H13N3O4. The fourth-order valence-corrected chi connectivity index (χ4v) is 1.70. The molecule has 0 amide bonds. The highest BCUT2D eigenvalue weighted by Gasteiger charge is 2.11. The molecule has 0 aliphatic carbocycles. The Kier molecular flexibility index (Phi) is 4.09. The Balaban J connectivity index is 2.24. The van der Waals surface area contributed by atoms with Gasteiger partial charge in [-0.05, 0) is 31.2 Å². The van der Waals surface area contributed by atoms with E-state index in [-0.39, 0.29) is 6.42 Å². The Morgan fingerprint density at radius 3 is 2.60 bits per heavy atom. The van der Waals surface area contributed by atoms with Crippen molar-refractivity contribution in [2.45, 2.75) is 13.3 Å². The summed E-state index contributed by atoms with van der Waals surface area (Å²) in [5.41, 5.74) is 1.52. The highest BCUT2D eigenvalue weighted by atomic mass is 16.5. The molecule has 2 rings (SSSR count). The van der Waals surface area contributed by atoms with E-state index in [2.05, 4.69) is 10.3 Å². The van der Waals surface area contributed by atoms with Crippen LogP contribution in [0, 0.1) is 0 Å². The van der Waals surface area contributed by atoms with Crippen LogP contribution in [0.1, 0.15) is 23.0 Å². The topological polar surface area (TPSA) is 94.3 Å². The molecule has 0 spiro atoms. The van der Waals surface area contributed by atoms with Gasteiger partial charge in [0.1, 0.15) is 0 Å². The van der Waals surface area contributed by atoms with Crippen molar-refractivity contribution in [1.29, 1.82) is 0 Å². The number of hydrogen-bond donors (Lipinski definition) is 1. The van der Waals surface area contributed by atoms with Crippen molar-refractivity contribution < 1.29 is 19.4 Å². The largest absolute Gasteiger partial charge is 0.481 e. The van der Waals surface area contributed by atoms with Crippen LogP contribution >= 0.6 is 0 Å². The van der Waals surface area contributed by atoms with Gasteiger partial charge in [0, 0.05) is 0 Å². The molecule has 1 N–H and O–H groups in total. The fraction of sp³-hybridized carbons (Fsp3) is 0.231. The van der Waals surface area contributed by atoms with Crippen molar-refractivity contribution in [3.05, 3.63) is 41.7 Å². The maximum absolute atomic E-state index is 11.5. The standard InChI is InChI=1S/C13H13N3O4/c1-2-20-13(19)9-3-5-10(6-4-9)16-11(7-12(17)18)8-14-15-16/h3-6,8H,2,7H2,1H3,(H,17,18). The zero-order chi connectivity index (χ0) is 14.5. The van der Waals surface area contributed by atoms with Crippen LogP contribution in [0.4, 0.5) is 0 Å². The zero-order valence-electron chi connectivity index (χ0n) is 10.8. The van der Waals surface area contributed by atoms with Gasteiger partial charge in [-0.3, -0.25) is 4.79 Å². The van der Waals surface area contributed by atoms with Crippen LogP contribution in [-0.2, 0) is 16.0 Å². The van der Waals surface area contributed by atoms with Crippen molar-refractivity contribution in [3.63, 3.8) is 0 Å². The third kappa shape index (κ3) is 3.00. The average Bonchev–Trinajstić information content (AvgIpc) is 2.86. The maximum Gasteiger partial charge on any atom is 0.338 e. The molecule has 0 aliphatic heterocycles. The molecular weight excluding hydrogens is 262 g/mol. The van der Waals surface area contributed by atoms with Crippen LogP contribution < -0.4 is 0 Å². The number of ether oxygens (including phenoxy) is 1. The molecule has 0 atom stereocenters. The van der Waals surface area contributed by atoms with Crippen LogP contribution in [0.25, 0.3) is 5.69 Å². The second-order valence-electron chi connectivity index (χ2n) is 3.98. The first-order chi connectivity index (χ1) is 9.61. The Morgan fingerprint density at radius 2 is 2.00 bits per heavy atom. The van der Waals surface area contributed by atoms with Crippen molar-refractivity contribution in [2.75, 3.05) is 6.61 Å². The van der Waals surface area contributed by atoms with Crippen molar-refractivity contribution in [3.8, 4) is 5.69 Å². The predicted octanol–water partition coefficient (Wildman–Crippen LogP) is 1.07. The number of carboxylic acids is 1. The van der Waals surface area contributed by atoms with Crippen LogP contribution in [0.2, 0.25) is 0 Å². The number of benzene rings is 1. The molecule has 104 valence electrons. The number of carbonyl (C=O) groups excluding carboxylic acids is 1. The second-order valence-corrected chi connectivity index (χ2v) is 3.98. The SMILES string of the molecule is CCOC(=O)c1ccc(-n2nncc2CC(=O)O)cc1. The molecule has 0 radical (unpaired) electrons. The Labute approximate surface area is 114 Å². The van der Waals surface area contributed by atoms with Gasteiger partial charge in [0.15, 0.2) is 0 Å². The maximum atomic E-state index is 11.5. The summed E-state index contributed by atoms with van der Waals surface area (Å²) in [6.07, 6.45) is 1.22. The molecule has 1 aromatic carbocycles. The number of aromatic nitrogens is 3. The van der Waals surface area contributed by atoms with E-state index in [9.17, 15) is 9.59 Å². The van der Waals surface area contributed by atoms with Gasteiger partial charge in [-0.1, -0.05) is 5.21 Å². The first kappa shape index (κ1) is 13.7. The molecule has 0 bridgehead atoms. The fourth-order valence-electron chi connectivity index (χ4n) is 1.70. The molecule has 0 saturated heterocycles. The number of esters is 1. The van der Waals surface area contributed by atoms with E-state index >= 15 is 0 Å². The van der Waals surface area contributed by atoms with E-state index in [1.165, 1.54) is 10.9 Å². The van der Waals surface area contributed by atoms with Crippen molar-refractivity contribution in [2.24, 2.45) is 0 Å². The van der Waals surface area contributed by atoms with E-state index in [1.54, 1.807) is 31.2 Å². The van der Waals surface area contributed by atoms with Crippen LogP contribution in [0.15, 0.2) is 30.5 Å². The third-order valence-electron chi connectivity index (χ3n) is 2.58. The van der Waals surface area contributed by atoms with Gasteiger partial charge >= 0.3 is 11.9 Å². The number of hydrogen-bond acceptors (Lipinski definition) is 5. The van der Waals surface area contributed by atoms with Gasteiger partial charge < -0.3 is 9.84 Å². The zero-order valence-corrected chi connectivity index (χ0v) is 10.8. The number of nitrogens with zero attached hydrogens (tertiary/aromatic N) is 3. The lowest BCUT2D eigenvalue weighted by molar-refractivity contribution is -0.136. The lowest BCUT2D eigenvalue weighted by Crippen LogP contribution is -2.09. The molecule has 0 aliphatic rings. The Morgan fingerprint density at radius 1 is 1.30 bits per heavy atom. The van der Waals surface area contributed by atoms with Crippen LogP contribution in [0.5, 0.6) is 0 Å². The van der Waals surface area contributed by atoms with Gasteiger partial charge in [0.25, 0.3) is 0 Å². The van der Waals surface area contributed by atoms with Gasteiger partial charge in [-0.15, -0.1) is 5.10 Å².